The SMILES string of the molecule is Cc1ccc(S(=O)(=O)N(C)CC(=O)N(Cc2c(Cl)cccc2Cl)[C@@H](C)C(=O)NCC(C)C)cc1. The predicted molar refractivity (Wildman–Crippen MR) is 135 cm³/mol. The summed E-state index contributed by atoms with van der Waals surface area (Å²) in [6.07, 6.45) is 0. The fourth-order valence-corrected chi connectivity index (χ4v) is 4.78. The van der Waals surface area contributed by atoms with Crippen molar-refractivity contribution in [1.29, 1.82) is 0 Å². The van der Waals surface area contributed by atoms with Crippen LogP contribution < -0.4 is 5.32 Å². The second-order valence-corrected chi connectivity index (χ2v) is 11.5. The molecule has 1 atom stereocenters. The van der Waals surface area contributed by atoms with Gasteiger partial charge in [0.1, 0.15) is 6.04 Å². The third-order valence-corrected chi connectivity index (χ3v) is 7.85. The number of carbonyl (C=O) groups is 2. The lowest BCUT2D eigenvalue weighted by atomic mass is 10.1. The van der Waals surface area contributed by atoms with Crippen molar-refractivity contribution in [3.63, 3.8) is 0 Å². The van der Waals surface area contributed by atoms with E-state index in [4.69, 9.17) is 23.2 Å². The fraction of sp³-hybridized carbons (Fsp3) is 0.417. The molecule has 10 heteroatoms. The lowest BCUT2D eigenvalue weighted by Gasteiger charge is -2.31. The minimum absolute atomic E-state index is 0.0496. The van der Waals surface area contributed by atoms with Gasteiger partial charge in [-0.2, -0.15) is 4.31 Å². The van der Waals surface area contributed by atoms with Gasteiger partial charge in [0.2, 0.25) is 21.8 Å². The van der Waals surface area contributed by atoms with E-state index in [-0.39, 0.29) is 23.3 Å². The molecule has 1 N–H and O–H groups in total. The van der Waals surface area contributed by atoms with E-state index in [1.807, 2.05) is 20.8 Å². The van der Waals surface area contributed by atoms with E-state index in [0.717, 1.165) is 9.87 Å². The standard InChI is InChI=1S/C24H31Cl2N3O4S/c1-16(2)13-27-24(31)18(4)29(14-20-21(25)7-6-8-22(20)26)23(30)15-28(5)34(32,33)19-11-9-17(3)10-12-19/h6-12,16,18H,13-15H2,1-5H3,(H,27,31)/t18-/m0/s1. The molecule has 2 aromatic rings. The van der Waals surface area contributed by atoms with Gasteiger partial charge in [-0.3, -0.25) is 9.59 Å². The van der Waals surface area contributed by atoms with Crippen LogP contribution in [0.3, 0.4) is 0 Å². The van der Waals surface area contributed by atoms with Crippen LogP contribution in [0.15, 0.2) is 47.4 Å². The molecule has 0 spiro atoms. The highest BCUT2D eigenvalue weighted by Crippen LogP contribution is 2.27. The van der Waals surface area contributed by atoms with Crippen molar-refractivity contribution < 1.29 is 18.0 Å². The van der Waals surface area contributed by atoms with Crippen LogP contribution in [0.4, 0.5) is 0 Å². The summed E-state index contributed by atoms with van der Waals surface area (Å²) in [5, 5.41) is 3.51. The van der Waals surface area contributed by atoms with Crippen LogP contribution in [-0.4, -0.2) is 55.6 Å². The van der Waals surface area contributed by atoms with Gasteiger partial charge in [0.15, 0.2) is 0 Å². The zero-order valence-electron chi connectivity index (χ0n) is 20.0. The summed E-state index contributed by atoms with van der Waals surface area (Å²) < 4.78 is 26.9. The maximum Gasteiger partial charge on any atom is 0.243 e. The number of likely N-dealkylation sites (N-methyl/N-ethyl adjacent to an activating group) is 1. The molecule has 0 aromatic heterocycles. The van der Waals surface area contributed by atoms with E-state index in [9.17, 15) is 18.0 Å². The molecule has 0 unspecified atom stereocenters. The Morgan fingerprint density at radius 1 is 1.00 bits per heavy atom. The van der Waals surface area contributed by atoms with E-state index < -0.39 is 28.5 Å². The lowest BCUT2D eigenvalue weighted by molar-refractivity contribution is -0.140. The van der Waals surface area contributed by atoms with Crippen molar-refractivity contribution in [2.75, 3.05) is 20.1 Å². The normalized spacial score (nSPS) is 12.6. The number of carbonyl (C=O) groups excluding carboxylic acids is 2. The summed E-state index contributed by atoms with van der Waals surface area (Å²) in [5.41, 5.74) is 1.40. The van der Waals surface area contributed by atoms with Crippen molar-refractivity contribution in [2.24, 2.45) is 5.92 Å². The van der Waals surface area contributed by atoms with Crippen LogP contribution in [0.1, 0.15) is 31.9 Å². The van der Waals surface area contributed by atoms with Gasteiger partial charge in [0.25, 0.3) is 0 Å². The van der Waals surface area contributed by atoms with Gasteiger partial charge in [0.05, 0.1) is 11.4 Å². The first-order valence-corrected chi connectivity index (χ1v) is 13.1. The van der Waals surface area contributed by atoms with E-state index in [1.54, 1.807) is 37.3 Å². The summed E-state index contributed by atoms with van der Waals surface area (Å²) in [6, 6.07) is 10.5. The number of nitrogens with zero attached hydrogens (tertiary/aromatic N) is 2. The van der Waals surface area contributed by atoms with Crippen LogP contribution in [0.25, 0.3) is 0 Å². The lowest BCUT2D eigenvalue weighted by Crippen LogP contribution is -2.51. The molecule has 0 aliphatic heterocycles. The smallest absolute Gasteiger partial charge is 0.243 e. The second-order valence-electron chi connectivity index (χ2n) is 8.61. The van der Waals surface area contributed by atoms with E-state index in [0.29, 0.717) is 22.2 Å². The Hall–Kier alpha value is -2.13. The molecule has 2 amide bonds. The minimum Gasteiger partial charge on any atom is -0.354 e. The monoisotopic (exact) mass is 527 g/mol. The molecule has 0 bridgehead atoms. The number of benzene rings is 2. The number of sulfonamides is 1. The van der Waals surface area contributed by atoms with Crippen molar-refractivity contribution in [3.8, 4) is 0 Å². The maximum absolute atomic E-state index is 13.4. The molecule has 186 valence electrons. The van der Waals surface area contributed by atoms with Gasteiger partial charge in [-0.15, -0.1) is 0 Å². The summed E-state index contributed by atoms with van der Waals surface area (Å²) in [6.45, 7) is 7.30. The van der Waals surface area contributed by atoms with E-state index in [2.05, 4.69) is 5.32 Å². The number of hydrogen-bond acceptors (Lipinski definition) is 4. The highest BCUT2D eigenvalue weighted by atomic mass is 35.5. The average Bonchev–Trinajstić information content (AvgIpc) is 2.77. The number of halogens is 2. The van der Waals surface area contributed by atoms with Gasteiger partial charge in [-0.05, 0) is 44.0 Å². The first kappa shape index (κ1) is 28.1. The molecular weight excluding hydrogens is 497 g/mol. The number of amides is 2. The predicted octanol–water partition coefficient (Wildman–Crippen LogP) is 4.11. The van der Waals surface area contributed by atoms with Gasteiger partial charge < -0.3 is 10.2 Å². The molecule has 7 nitrogen and oxygen atoms in total. The van der Waals surface area contributed by atoms with Gasteiger partial charge >= 0.3 is 0 Å². The molecule has 0 saturated heterocycles. The van der Waals surface area contributed by atoms with Gasteiger partial charge in [0, 0.05) is 35.7 Å². The van der Waals surface area contributed by atoms with Crippen LogP contribution in [0.2, 0.25) is 10.0 Å². The Labute approximate surface area is 212 Å². The maximum atomic E-state index is 13.4. The molecule has 34 heavy (non-hydrogen) atoms. The topological polar surface area (TPSA) is 86.8 Å². The number of rotatable bonds is 10. The Bertz CT molecular complexity index is 1100. The van der Waals surface area contributed by atoms with Crippen molar-refractivity contribution in [3.05, 3.63) is 63.6 Å². The summed E-state index contributed by atoms with van der Waals surface area (Å²) in [5.74, 6) is -0.681. The summed E-state index contributed by atoms with van der Waals surface area (Å²) in [7, 11) is -2.58. The quantitative estimate of drug-likeness (QED) is 0.503. The van der Waals surface area contributed by atoms with E-state index >= 15 is 0 Å². The number of aryl methyl sites for hydroxylation is 1. The minimum atomic E-state index is -3.91. The Morgan fingerprint density at radius 2 is 1.56 bits per heavy atom. The van der Waals surface area contributed by atoms with Crippen LogP contribution in [-0.2, 0) is 26.2 Å². The number of hydrogen-bond donors (Lipinski definition) is 1. The van der Waals surface area contributed by atoms with Crippen molar-refractivity contribution in [1.82, 2.24) is 14.5 Å². The van der Waals surface area contributed by atoms with E-state index in [1.165, 1.54) is 24.1 Å². The fourth-order valence-electron chi connectivity index (χ4n) is 3.15. The first-order chi connectivity index (χ1) is 15.8. The highest BCUT2D eigenvalue weighted by molar-refractivity contribution is 7.89. The first-order valence-electron chi connectivity index (χ1n) is 10.9. The zero-order chi connectivity index (χ0) is 25.6. The van der Waals surface area contributed by atoms with Crippen LogP contribution in [0, 0.1) is 12.8 Å². The van der Waals surface area contributed by atoms with Crippen LogP contribution in [0.5, 0.6) is 0 Å². The van der Waals surface area contributed by atoms with Gasteiger partial charge in [-0.1, -0.05) is 60.8 Å². The molecule has 0 heterocycles. The molecule has 0 saturated carbocycles. The van der Waals surface area contributed by atoms with Gasteiger partial charge in [-0.25, -0.2) is 8.42 Å². The zero-order valence-corrected chi connectivity index (χ0v) is 22.3. The second kappa shape index (κ2) is 12.0. The summed E-state index contributed by atoms with van der Waals surface area (Å²) in [4.78, 5) is 27.5. The molecular formula is C24H31Cl2N3O4S. The number of nitrogens with one attached hydrogen (secondary N) is 1. The third-order valence-electron chi connectivity index (χ3n) is 5.33. The molecule has 2 aromatic carbocycles. The van der Waals surface area contributed by atoms with Crippen molar-refractivity contribution >= 4 is 45.0 Å². The molecule has 0 aliphatic rings. The van der Waals surface area contributed by atoms with Crippen molar-refractivity contribution in [2.45, 2.75) is 45.2 Å². The summed E-state index contributed by atoms with van der Waals surface area (Å²) >= 11 is 12.6. The highest BCUT2D eigenvalue weighted by Gasteiger charge is 2.31. The molecule has 2 rings (SSSR count). The average molecular weight is 529 g/mol. The molecule has 0 radical (unpaired) electrons. The largest absolute Gasteiger partial charge is 0.354 e. The Kier molecular flexibility index (Phi) is 9.94. The Morgan fingerprint density at radius 3 is 2.09 bits per heavy atom. The van der Waals surface area contributed by atoms with Crippen LogP contribution >= 0.6 is 23.2 Å². The molecule has 0 aliphatic carbocycles. The molecule has 0 fully saturated rings. The third kappa shape index (κ3) is 7.18. The Balaban J connectivity index is 2.32.